The van der Waals surface area contributed by atoms with E-state index >= 15 is 0 Å². The quantitative estimate of drug-likeness (QED) is 0.616. The first-order chi connectivity index (χ1) is 11.9. The van der Waals surface area contributed by atoms with Gasteiger partial charge >= 0.3 is 42.6 Å². The summed E-state index contributed by atoms with van der Waals surface area (Å²) in [4.78, 5) is 2.06. The zero-order valence-electron chi connectivity index (χ0n) is 15.3. The molecule has 8 nitrogen and oxygen atoms in total. The van der Waals surface area contributed by atoms with E-state index in [0.29, 0.717) is 26.2 Å². The van der Waals surface area contributed by atoms with E-state index in [-0.39, 0.29) is 24.9 Å². The molecule has 0 bridgehead atoms. The molecule has 1 heterocycles. The molecule has 0 aromatic carbocycles. The summed E-state index contributed by atoms with van der Waals surface area (Å²) < 4.78 is 21.7. The second-order valence-electron chi connectivity index (χ2n) is 5.16. The molecule has 4 unspecified atom stereocenters. The maximum atomic E-state index is 5.48. The van der Waals surface area contributed by atoms with Crippen LogP contribution in [0.15, 0.2) is 0 Å². The fraction of sp³-hybridized carbons (Fsp3) is 1.00. The normalized spacial score (nSPS) is 29.8. The molecule has 1 rings (SSSR count). The van der Waals surface area contributed by atoms with Crippen LogP contribution in [0.4, 0.5) is 0 Å². The Bertz CT molecular complexity index is 324. The fourth-order valence-corrected chi connectivity index (χ4v) is 2.14. The molecule has 2 N–H and O–H groups in total. The van der Waals surface area contributed by atoms with E-state index in [1.54, 1.807) is 28.4 Å². The van der Waals surface area contributed by atoms with Crippen LogP contribution in [-0.2, 0) is 33.6 Å². The van der Waals surface area contributed by atoms with Gasteiger partial charge in [-0.2, -0.15) is 0 Å². The molecule has 12 heteroatoms. The van der Waals surface area contributed by atoms with Crippen molar-refractivity contribution in [1.29, 1.82) is 0 Å². The Morgan fingerprint density at radius 2 is 1.48 bits per heavy atom. The van der Waals surface area contributed by atoms with Gasteiger partial charge in [-0.1, -0.05) is 0 Å². The van der Waals surface area contributed by atoms with Gasteiger partial charge in [0.1, 0.15) is 12.5 Å². The van der Waals surface area contributed by atoms with Gasteiger partial charge in [-0.25, -0.2) is 0 Å². The number of hydrogen-bond donors (Lipinski definition) is 2. The minimum absolute atomic E-state index is 0.107. The van der Waals surface area contributed by atoms with E-state index < -0.39 is 14.7 Å². The number of hydrogen-bond acceptors (Lipinski definition) is 7. The zero-order chi connectivity index (χ0) is 19.2. The van der Waals surface area contributed by atoms with Crippen LogP contribution in [0.1, 0.15) is 0 Å². The van der Waals surface area contributed by atoms with Crippen LogP contribution in [0, 0.1) is 0 Å². The summed E-state index contributed by atoms with van der Waals surface area (Å²) in [5.74, 6) is 0. The molecule has 150 valence electrons. The van der Waals surface area contributed by atoms with Gasteiger partial charge in [0.05, 0.1) is 6.23 Å². The van der Waals surface area contributed by atoms with E-state index in [9.17, 15) is 0 Å². The van der Waals surface area contributed by atoms with Crippen molar-refractivity contribution in [3.05, 3.63) is 5.32 Å². The van der Waals surface area contributed by atoms with E-state index in [0.717, 1.165) is 0 Å². The van der Waals surface area contributed by atoms with Gasteiger partial charge in [0.15, 0.2) is 0 Å². The Kier molecular flexibility index (Phi) is 17.1. The van der Waals surface area contributed by atoms with E-state index in [1.807, 2.05) is 7.05 Å². The Labute approximate surface area is 168 Å². The Morgan fingerprint density at radius 1 is 0.920 bits per heavy atom. The summed E-state index contributed by atoms with van der Waals surface area (Å²) in [6, 6.07) is 0. The van der Waals surface area contributed by atoms with Gasteiger partial charge in [-0.05, 0) is 13.3 Å². The fourth-order valence-electron chi connectivity index (χ4n) is 2.14. The number of halogens is 3. The summed E-state index contributed by atoms with van der Waals surface area (Å²) in [5, 5.41) is 11.1. The third kappa shape index (κ3) is 13.1. The van der Waals surface area contributed by atoms with Gasteiger partial charge < -0.3 is 24.3 Å². The standard InChI is InChI=1S/C13H29N4O4.3ClH.Ti/c1-17-9-12(20-4)15-7-10(18-2)14-6-11(19-3)16-8-13(17)21-5;;;;/h10-15H,6-9H2,1-5H3;3*1H;/q-1;;;;+4/p-3. The summed E-state index contributed by atoms with van der Waals surface area (Å²) in [6.45, 7) is 2.41. The molecule has 1 fully saturated rings. The molecule has 0 amide bonds. The van der Waals surface area contributed by atoms with Crippen molar-refractivity contribution in [2.45, 2.75) is 24.9 Å². The molecule has 0 radical (unpaired) electrons. The number of nitrogens with one attached hydrogen (secondary N) is 2. The molecule has 1 aliphatic rings. The second-order valence-corrected chi connectivity index (χ2v) is 12.9. The van der Waals surface area contributed by atoms with Gasteiger partial charge in [0.2, 0.25) is 0 Å². The van der Waals surface area contributed by atoms with Gasteiger partial charge in [-0.15, -0.1) is 6.54 Å². The molecule has 0 aromatic rings. The molecular formula is C13H29Cl3N4O4Ti. The third-order valence-corrected chi connectivity index (χ3v) is 3.57. The summed E-state index contributed by atoms with van der Waals surface area (Å²) in [6.07, 6.45) is -0.575. The number of nitrogens with zero attached hydrogens (tertiary/aromatic N) is 2. The molecule has 0 spiro atoms. The van der Waals surface area contributed by atoms with Crippen LogP contribution in [0.25, 0.3) is 5.32 Å². The number of likely N-dealkylation sites (N-methyl/N-ethyl adjacent to an activating group) is 1. The Morgan fingerprint density at radius 3 is 1.96 bits per heavy atom. The van der Waals surface area contributed by atoms with Crippen molar-refractivity contribution < 1.29 is 33.6 Å². The summed E-state index contributed by atoms with van der Waals surface area (Å²) >= 11 is -1.92. The van der Waals surface area contributed by atoms with Crippen LogP contribution in [0.3, 0.4) is 0 Å². The van der Waals surface area contributed by atoms with Crippen molar-refractivity contribution in [2.24, 2.45) is 0 Å². The topological polar surface area (TPSA) is 78.3 Å². The van der Waals surface area contributed by atoms with Gasteiger partial charge in [0, 0.05) is 48.1 Å². The van der Waals surface area contributed by atoms with Crippen LogP contribution < -0.4 is 10.6 Å². The van der Waals surface area contributed by atoms with E-state index in [2.05, 4.69) is 20.9 Å². The van der Waals surface area contributed by atoms with Crippen molar-refractivity contribution in [2.75, 3.05) is 61.7 Å². The number of methoxy groups -OCH3 is 4. The maximum absolute atomic E-state index is 5.48. The predicted octanol–water partition coefficient (Wildman–Crippen LogP) is 1.44. The first-order valence-corrected chi connectivity index (χ1v) is 14.1. The first-order valence-electron chi connectivity index (χ1n) is 7.66. The van der Waals surface area contributed by atoms with Crippen LogP contribution in [0.2, 0.25) is 0 Å². The van der Waals surface area contributed by atoms with Crippen molar-refractivity contribution >= 4 is 27.9 Å². The van der Waals surface area contributed by atoms with Crippen LogP contribution in [0.5, 0.6) is 0 Å². The molecule has 25 heavy (non-hydrogen) atoms. The average molecular weight is 460 g/mol. The summed E-state index contributed by atoms with van der Waals surface area (Å²) in [5.41, 5.74) is 0. The monoisotopic (exact) mass is 458 g/mol. The van der Waals surface area contributed by atoms with Gasteiger partial charge in [-0.3, -0.25) is 15.5 Å². The van der Waals surface area contributed by atoms with Gasteiger partial charge in [0.25, 0.3) is 0 Å². The van der Waals surface area contributed by atoms with E-state index in [1.165, 1.54) is 0 Å². The van der Waals surface area contributed by atoms with Crippen molar-refractivity contribution in [3.63, 3.8) is 0 Å². The molecule has 4 atom stereocenters. The molecule has 1 aliphatic heterocycles. The SMILES string of the molecule is COC1CNC(OC)CNC(OC)CN(C)C(OC)C[N-]1.[Cl][Ti+]([Cl])[Cl]. The average Bonchev–Trinajstić information content (AvgIpc) is 2.57. The molecule has 1 saturated heterocycles. The summed E-state index contributed by atoms with van der Waals surface area (Å²) in [7, 11) is 23.6. The number of ether oxygens (including phenoxy) is 4. The van der Waals surface area contributed by atoms with Crippen LogP contribution in [-0.4, -0.2) is 91.5 Å². The number of rotatable bonds is 4. The molecule has 0 aromatic heterocycles. The van der Waals surface area contributed by atoms with Crippen LogP contribution >= 0.6 is 27.9 Å². The predicted molar refractivity (Wildman–Crippen MR) is 97.6 cm³/mol. The molecule has 0 saturated carbocycles. The Balaban J connectivity index is 0.00000129. The first kappa shape index (κ1) is 26.3. The molecular weight excluding hydrogens is 430 g/mol. The second kappa shape index (κ2) is 16.2. The third-order valence-electron chi connectivity index (χ3n) is 3.57. The van der Waals surface area contributed by atoms with Crippen molar-refractivity contribution in [3.8, 4) is 0 Å². The Hall–Kier alpha value is 1.26. The minimum atomic E-state index is -1.92. The van der Waals surface area contributed by atoms with Crippen molar-refractivity contribution in [1.82, 2.24) is 15.5 Å². The molecule has 0 aliphatic carbocycles. The zero-order valence-corrected chi connectivity index (χ0v) is 19.1. The van der Waals surface area contributed by atoms with E-state index in [4.69, 9.17) is 46.9 Å².